The summed E-state index contributed by atoms with van der Waals surface area (Å²) in [5.41, 5.74) is 0.520. The summed E-state index contributed by atoms with van der Waals surface area (Å²) in [4.78, 5) is 14.1. The predicted molar refractivity (Wildman–Crippen MR) is 82.6 cm³/mol. The minimum Gasteiger partial charge on any atom is -0.396 e. The van der Waals surface area contributed by atoms with Crippen LogP contribution in [-0.4, -0.2) is 42.2 Å². The van der Waals surface area contributed by atoms with Gasteiger partial charge in [-0.3, -0.25) is 9.69 Å². The first kappa shape index (κ1) is 17.6. The van der Waals surface area contributed by atoms with Gasteiger partial charge in [-0.15, -0.1) is 0 Å². The highest BCUT2D eigenvalue weighted by molar-refractivity contribution is 5.92. The molecule has 1 aromatic carbocycles. The second-order valence-electron chi connectivity index (χ2n) is 6.41. The lowest BCUT2D eigenvalue weighted by Crippen LogP contribution is -2.39. The molecule has 0 aliphatic heterocycles. The highest BCUT2D eigenvalue weighted by Crippen LogP contribution is 2.15. The maximum absolute atomic E-state index is 13.1. The average molecular weight is 296 g/mol. The lowest BCUT2D eigenvalue weighted by Gasteiger charge is -2.29. The largest absolute Gasteiger partial charge is 0.396 e. The fourth-order valence-electron chi connectivity index (χ4n) is 2.15. The summed E-state index contributed by atoms with van der Waals surface area (Å²) in [5.74, 6) is -0.553. The summed E-state index contributed by atoms with van der Waals surface area (Å²) >= 11 is 0. The molecule has 0 unspecified atom stereocenters. The molecule has 0 heterocycles. The number of amides is 1. The van der Waals surface area contributed by atoms with Gasteiger partial charge in [0.05, 0.1) is 6.54 Å². The van der Waals surface area contributed by atoms with Gasteiger partial charge in [-0.25, -0.2) is 4.39 Å². The Morgan fingerprint density at radius 2 is 2.10 bits per heavy atom. The standard InChI is InChI=1S/C16H25FN2O2/c1-16(2,3)12-19(8-5-9-20)11-15(21)18-14-7-4-6-13(17)10-14/h4,6-7,10,20H,5,8-9,11-12H2,1-3H3,(H,18,21). The minimum atomic E-state index is -0.375. The summed E-state index contributed by atoms with van der Waals surface area (Å²) in [7, 11) is 0. The highest BCUT2D eigenvalue weighted by Gasteiger charge is 2.18. The SMILES string of the molecule is CC(C)(C)CN(CCCO)CC(=O)Nc1cccc(F)c1. The zero-order valence-electron chi connectivity index (χ0n) is 13.0. The second-order valence-corrected chi connectivity index (χ2v) is 6.41. The van der Waals surface area contributed by atoms with Crippen LogP contribution in [0.25, 0.3) is 0 Å². The van der Waals surface area contributed by atoms with Crippen LogP contribution in [0.3, 0.4) is 0 Å². The van der Waals surface area contributed by atoms with Crippen molar-refractivity contribution in [2.24, 2.45) is 5.41 Å². The normalized spacial score (nSPS) is 11.7. The summed E-state index contributed by atoms with van der Waals surface area (Å²) in [6.07, 6.45) is 0.628. The molecule has 0 aliphatic carbocycles. The van der Waals surface area contributed by atoms with Crippen LogP contribution in [0.15, 0.2) is 24.3 Å². The number of hydrogen-bond acceptors (Lipinski definition) is 3. The zero-order valence-corrected chi connectivity index (χ0v) is 13.0. The Hall–Kier alpha value is -1.46. The maximum atomic E-state index is 13.1. The molecule has 0 saturated heterocycles. The number of anilines is 1. The number of benzene rings is 1. The van der Waals surface area contributed by atoms with Crippen molar-refractivity contribution in [2.75, 3.05) is 31.6 Å². The van der Waals surface area contributed by atoms with Crippen molar-refractivity contribution < 1.29 is 14.3 Å². The average Bonchev–Trinajstić information content (AvgIpc) is 2.34. The van der Waals surface area contributed by atoms with Crippen LogP contribution in [0.5, 0.6) is 0 Å². The summed E-state index contributed by atoms with van der Waals surface area (Å²) < 4.78 is 13.1. The molecule has 21 heavy (non-hydrogen) atoms. The van der Waals surface area contributed by atoms with Gasteiger partial charge in [-0.1, -0.05) is 26.8 Å². The molecule has 1 amide bonds. The van der Waals surface area contributed by atoms with Crippen molar-refractivity contribution in [3.8, 4) is 0 Å². The number of aliphatic hydroxyl groups excluding tert-OH is 1. The number of nitrogens with zero attached hydrogens (tertiary/aromatic N) is 1. The molecule has 0 fully saturated rings. The van der Waals surface area contributed by atoms with E-state index in [-0.39, 0.29) is 30.3 Å². The number of carbonyl (C=O) groups is 1. The van der Waals surface area contributed by atoms with Crippen molar-refractivity contribution in [2.45, 2.75) is 27.2 Å². The van der Waals surface area contributed by atoms with Crippen LogP contribution < -0.4 is 5.32 Å². The monoisotopic (exact) mass is 296 g/mol. The summed E-state index contributed by atoms with van der Waals surface area (Å²) in [5, 5.41) is 11.6. The Labute approximate surface area is 126 Å². The van der Waals surface area contributed by atoms with E-state index in [2.05, 4.69) is 26.1 Å². The molecule has 0 atom stereocenters. The van der Waals surface area contributed by atoms with E-state index in [1.54, 1.807) is 12.1 Å². The molecule has 0 aliphatic rings. The van der Waals surface area contributed by atoms with Crippen LogP contribution in [-0.2, 0) is 4.79 Å². The molecule has 0 saturated carbocycles. The van der Waals surface area contributed by atoms with Crippen molar-refractivity contribution in [1.29, 1.82) is 0 Å². The molecule has 4 nitrogen and oxygen atoms in total. The van der Waals surface area contributed by atoms with Gasteiger partial charge >= 0.3 is 0 Å². The van der Waals surface area contributed by atoms with Crippen molar-refractivity contribution in [3.05, 3.63) is 30.1 Å². The quantitative estimate of drug-likeness (QED) is 0.813. The van der Waals surface area contributed by atoms with Gasteiger partial charge in [0.15, 0.2) is 0 Å². The molecular weight excluding hydrogens is 271 g/mol. The van der Waals surface area contributed by atoms with Crippen molar-refractivity contribution >= 4 is 11.6 Å². The Morgan fingerprint density at radius 3 is 2.67 bits per heavy atom. The number of aliphatic hydroxyl groups is 1. The molecule has 5 heteroatoms. The maximum Gasteiger partial charge on any atom is 0.238 e. The lowest BCUT2D eigenvalue weighted by molar-refractivity contribution is -0.117. The van der Waals surface area contributed by atoms with E-state index >= 15 is 0 Å². The van der Waals surface area contributed by atoms with Crippen LogP contribution in [0.1, 0.15) is 27.2 Å². The second kappa shape index (κ2) is 8.10. The van der Waals surface area contributed by atoms with Crippen LogP contribution in [0.2, 0.25) is 0 Å². The summed E-state index contributed by atoms with van der Waals surface area (Å²) in [6.45, 7) is 8.05. The van der Waals surface area contributed by atoms with E-state index < -0.39 is 0 Å². The Balaban J connectivity index is 2.58. The molecular formula is C16H25FN2O2. The number of nitrogens with one attached hydrogen (secondary N) is 1. The molecule has 2 N–H and O–H groups in total. The molecule has 0 radical (unpaired) electrons. The van der Waals surface area contributed by atoms with E-state index in [1.807, 2.05) is 4.90 Å². The minimum absolute atomic E-state index is 0.0641. The van der Waals surface area contributed by atoms with E-state index in [1.165, 1.54) is 12.1 Å². The number of hydrogen-bond donors (Lipinski definition) is 2. The number of rotatable bonds is 7. The van der Waals surface area contributed by atoms with Gasteiger partial charge in [0, 0.05) is 25.4 Å². The van der Waals surface area contributed by atoms with Crippen LogP contribution >= 0.6 is 0 Å². The molecule has 0 aromatic heterocycles. The van der Waals surface area contributed by atoms with Crippen LogP contribution in [0.4, 0.5) is 10.1 Å². The third kappa shape index (κ3) is 7.78. The van der Waals surface area contributed by atoms with E-state index in [9.17, 15) is 9.18 Å². The van der Waals surface area contributed by atoms with Crippen LogP contribution in [0, 0.1) is 11.2 Å². The fraction of sp³-hybridized carbons (Fsp3) is 0.562. The first-order valence-electron chi connectivity index (χ1n) is 7.19. The Kier molecular flexibility index (Phi) is 6.78. The van der Waals surface area contributed by atoms with Gasteiger partial charge in [0.2, 0.25) is 5.91 Å². The van der Waals surface area contributed by atoms with Gasteiger partial charge in [-0.2, -0.15) is 0 Å². The van der Waals surface area contributed by atoms with Crippen molar-refractivity contribution in [1.82, 2.24) is 4.90 Å². The Morgan fingerprint density at radius 1 is 1.38 bits per heavy atom. The van der Waals surface area contributed by atoms with Crippen molar-refractivity contribution in [3.63, 3.8) is 0 Å². The molecule has 1 aromatic rings. The Bertz CT molecular complexity index is 458. The summed E-state index contributed by atoms with van der Waals surface area (Å²) in [6, 6.07) is 5.84. The third-order valence-electron chi connectivity index (χ3n) is 2.81. The number of halogens is 1. The first-order chi connectivity index (χ1) is 9.80. The smallest absolute Gasteiger partial charge is 0.238 e. The topological polar surface area (TPSA) is 52.6 Å². The van der Waals surface area contributed by atoms with E-state index in [4.69, 9.17) is 5.11 Å². The zero-order chi connectivity index (χ0) is 15.9. The number of carbonyl (C=O) groups excluding carboxylic acids is 1. The highest BCUT2D eigenvalue weighted by atomic mass is 19.1. The van der Waals surface area contributed by atoms with E-state index in [0.717, 1.165) is 6.54 Å². The van der Waals surface area contributed by atoms with Gasteiger partial charge in [0.1, 0.15) is 5.82 Å². The molecule has 1 rings (SSSR count). The fourth-order valence-corrected chi connectivity index (χ4v) is 2.15. The third-order valence-corrected chi connectivity index (χ3v) is 2.81. The first-order valence-corrected chi connectivity index (χ1v) is 7.19. The van der Waals surface area contributed by atoms with E-state index in [0.29, 0.717) is 18.7 Å². The van der Waals surface area contributed by atoms with Gasteiger partial charge in [-0.05, 0) is 30.0 Å². The molecule has 0 bridgehead atoms. The predicted octanol–water partition coefficient (Wildman–Crippen LogP) is 2.49. The molecule has 118 valence electrons. The van der Waals surface area contributed by atoms with Gasteiger partial charge in [0.25, 0.3) is 0 Å². The van der Waals surface area contributed by atoms with Gasteiger partial charge < -0.3 is 10.4 Å². The lowest BCUT2D eigenvalue weighted by atomic mass is 9.96. The molecule has 0 spiro atoms.